The zero-order chi connectivity index (χ0) is 13.9. The maximum absolute atomic E-state index is 11.2. The van der Waals surface area contributed by atoms with Gasteiger partial charge in [0.15, 0.2) is 0 Å². The van der Waals surface area contributed by atoms with Crippen molar-refractivity contribution in [1.29, 1.82) is 0 Å². The number of piperidine rings is 1. The quantitative estimate of drug-likeness (QED) is 0.791. The third kappa shape index (κ3) is 4.03. The van der Waals surface area contributed by atoms with Crippen LogP contribution in [0.2, 0.25) is 0 Å². The van der Waals surface area contributed by atoms with E-state index in [0.29, 0.717) is 12.4 Å². The molecule has 0 aromatic carbocycles. The highest BCUT2D eigenvalue weighted by Gasteiger charge is 2.24. The summed E-state index contributed by atoms with van der Waals surface area (Å²) in [4.78, 5) is 13.1. The van der Waals surface area contributed by atoms with Crippen molar-refractivity contribution in [3.63, 3.8) is 0 Å². The number of sulfonamides is 1. The summed E-state index contributed by atoms with van der Waals surface area (Å²) in [6.07, 6.45) is 4.16. The predicted octanol–water partition coefficient (Wildman–Crippen LogP) is -0.322. The molecule has 2 heterocycles. The third-order valence-corrected chi connectivity index (χ3v) is 3.86. The summed E-state index contributed by atoms with van der Waals surface area (Å²) in [7, 11) is -3.19. The van der Waals surface area contributed by atoms with Gasteiger partial charge in [0, 0.05) is 25.2 Å². The topological polar surface area (TPSA) is 95.2 Å². The molecule has 1 fully saturated rings. The average molecular weight is 286 g/mol. The molecule has 8 heteroatoms. The normalized spacial score (nSPS) is 20.5. The number of nitrogens with one attached hydrogen (secondary N) is 2. The van der Waals surface area contributed by atoms with Gasteiger partial charge < -0.3 is 4.90 Å². The van der Waals surface area contributed by atoms with E-state index in [9.17, 15) is 13.2 Å². The van der Waals surface area contributed by atoms with Crippen molar-refractivity contribution in [2.24, 2.45) is 0 Å². The first-order chi connectivity index (χ1) is 8.96. The highest BCUT2D eigenvalue weighted by molar-refractivity contribution is 7.88. The third-order valence-electron chi connectivity index (χ3n) is 3.17. The molecule has 2 rings (SSSR count). The van der Waals surface area contributed by atoms with Gasteiger partial charge in [0.25, 0.3) is 5.56 Å². The lowest BCUT2D eigenvalue weighted by Gasteiger charge is -2.36. The minimum absolute atomic E-state index is 0.0712. The first-order valence-corrected chi connectivity index (χ1v) is 8.12. The number of aromatic amines is 1. The van der Waals surface area contributed by atoms with Crippen molar-refractivity contribution in [2.75, 3.05) is 24.2 Å². The maximum atomic E-state index is 11.2. The second-order valence-electron chi connectivity index (χ2n) is 4.74. The molecule has 0 saturated carbocycles. The van der Waals surface area contributed by atoms with Crippen LogP contribution in [0.1, 0.15) is 19.3 Å². The van der Waals surface area contributed by atoms with Crippen LogP contribution in [0.15, 0.2) is 16.9 Å². The van der Waals surface area contributed by atoms with E-state index in [1.165, 1.54) is 6.07 Å². The molecule has 19 heavy (non-hydrogen) atoms. The molecule has 2 N–H and O–H groups in total. The standard InChI is InChI=1S/C11H18N4O3S/c1-19(17,18)12-8-9-4-2-3-7-15(9)10-5-6-11(16)14-13-10/h5-6,9,12H,2-4,7-8H2,1H3,(H,14,16). The average Bonchev–Trinajstić information content (AvgIpc) is 2.37. The summed E-state index contributed by atoms with van der Waals surface area (Å²) >= 11 is 0. The van der Waals surface area contributed by atoms with Crippen molar-refractivity contribution in [1.82, 2.24) is 14.9 Å². The molecular weight excluding hydrogens is 268 g/mol. The van der Waals surface area contributed by atoms with Crippen LogP contribution in [0.5, 0.6) is 0 Å². The van der Waals surface area contributed by atoms with Crippen LogP contribution in [0, 0.1) is 0 Å². The lowest BCUT2D eigenvalue weighted by Crippen LogP contribution is -2.47. The Labute approximate surface area is 112 Å². The van der Waals surface area contributed by atoms with E-state index in [4.69, 9.17) is 0 Å². The van der Waals surface area contributed by atoms with Gasteiger partial charge in [-0.05, 0) is 25.3 Å². The fourth-order valence-corrected chi connectivity index (χ4v) is 2.75. The van der Waals surface area contributed by atoms with Gasteiger partial charge in [-0.25, -0.2) is 18.2 Å². The van der Waals surface area contributed by atoms with Crippen molar-refractivity contribution in [3.8, 4) is 0 Å². The molecule has 0 aliphatic carbocycles. The molecule has 106 valence electrons. The highest BCUT2D eigenvalue weighted by Crippen LogP contribution is 2.21. The smallest absolute Gasteiger partial charge is 0.264 e. The molecule has 1 aliphatic rings. The van der Waals surface area contributed by atoms with E-state index in [2.05, 4.69) is 14.9 Å². The number of hydrogen-bond donors (Lipinski definition) is 2. The monoisotopic (exact) mass is 286 g/mol. The summed E-state index contributed by atoms with van der Waals surface area (Å²) in [5.41, 5.74) is -0.244. The van der Waals surface area contributed by atoms with Gasteiger partial charge in [-0.2, -0.15) is 5.10 Å². The zero-order valence-corrected chi connectivity index (χ0v) is 11.6. The second kappa shape index (κ2) is 5.70. The number of anilines is 1. The van der Waals surface area contributed by atoms with Gasteiger partial charge in [-0.1, -0.05) is 0 Å². The van der Waals surface area contributed by atoms with Gasteiger partial charge in [-0.15, -0.1) is 0 Å². The van der Waals surface area contributed by atoms with Crippen LogP contribution >= 0.6 is 0 Å². The SMILES string of the molecule is CS(=O)(=O)NCC1CCCCN1c1ccc(=O)[nH]n1. The Kier molecular flexibility index (Phi) is 4.20. The predicted molar refractivity (Wildman–Crippen MR) is 72.7 cm³/mol. The van der Waals surface area contributed by atoms with Gasteiger partial charge in [-0.3, -0.25) is 4.79 Å². The van der Waals surface area contributed by atoms with Gasteiger partial charge in [0.1, 0.15) is 5.82 Å². The number of nitrogens with zero attached hydrogens (tertiary/aromatic N) is 2. The summed E-state index contributed by atoms with van der Waals surface area (Å²) in [6.45, 7) is 1.18. The van der Waals surface area contributed by atoms with Crippen molar-refractivity contribution in [2.45, 2.75) is 25.3 Å². The van der Waals surface area contributed by atoms with E-state index < -0.39 is 10.0 Å². The summed E-state index contributed by atoms with van der Waals surface area (Å²) in [6, 6.07) is 3.16. The largest absolute Gasteiger partial charge is 0.351 e. The molecule has 7 nitrogen and oxygen atoms in total. The molecule has 1 aliphatic heterocycles. The minimum atomic E-state index is -3.19. The lowest BCUT2D eigenvalue weighted by molar-refractivity contribution is 0.449. The molecule has 0 spiro atoms. The first-order valence-electron chi connectivity index (χ1n) is 6.23. The fraction of sp³-hybridized carbons (Fsp3) is 0.636. The fourth-order valence-electron chi connectivity index (χ4n) is 2.26. The number of rotatable bonds is 4. The summed E-state index contributed by atoms with van der Waals surface area (Å²) in [5.74, 6) is 0.680. The Morgan fingerprint density at radius 2 is 2.26 bits per heavy atom. The van der Waals surface area contributed by atoms with Gasteiger partial charge in [0.2, 0.25) is 10.0 Å². The molecule has 1 aromatic heterocycles. The molecule has 0 radical (unpaired) electrons. The number of hydrogen-bond acceptors (Lipinski definition) is 5. The van der Waals surface area contributed by atoms with Crippen LogP contribution in [-0.2, 0) is 10.0 Å². The lowest BCUT2D eigenvalue weighted by atomic mass is 10.0. The van der Waals surface area contributed by atoms with Crippen LogP contribution in [0.4, 0.5) is 5.82 Å². The van der Waals surface area contributed by atoms with E-state index in [1.54, 1.807) is 6.07 Å². The molecule has 1 aromatic rings. The molecule has 1 unspecified atom stereocenters. The van der Waals surface area contributed by atoms with E-state index in [0.717, 1.165) is 32.1 Å². The number of aromatic nitrogens is 2. The maximum Gasteiger partial charge on any atom is 0.264 e. The first kappa shape index (κ1) is 14.0. The Morgan fingerprint density at radius 3 is 2.89 bits per heavy atom. The minimum Gasteiger partial charge on any atom is -0.351 e. The van der Waals surface area contributed by atoms with E-state index >= 15 is 0 Å². The Balaban J connectivity index is 2.11. The van der Waals surface area contributed by atoms with Crippen molar-refractivity contribution < 1.29 is 8.42 Å². The van der Waals surface area contributed by atoms with Crippen LogP contribution in [0.25, 0.3) is 0 Å². The summed E-state index contributed by atoms with van der Waals surface area (Å²) in [5, 5.41) is 6.41. The zero-order valence-electron chi connectivity index (χ0n) is 10.8. The van der Waals surface area contributed by atoms with Crippen LogP contribution < -0.4 is 15.2 Å². The van der Waals surface area contributed by atoms with Crippen LogP contribution in [0.3, 0.4) is 0 Å². The summed E-state index contributed by atoms with van der Waals surface area (Å²) < 4.78 is 24.9. The van der Waals surface area contributed by atoms with Gasteiger partial charge >= 0.3 is 0 Å². The molecule has 1 atom stereocenters. The Hall–Kier alpha value is -1.41. The molecule has 1 saturated heterocycles. The Morgan fingerprint density at radius 1 is 1.47 bits per heavy atom. The van der Waals surface area contributed by atoms with Crippen molar-refractivity contribution >= 4 is 15.8 Å². The molecule has 0 amide bonds. The molecule has 0 bridgehead atoms. The van der Waals surface area contributed by atoms with E-state index in [-0.39, 0.29) is 11.6 Å². The van der Waals surface area contributed by atoms with Gasteiger partial charge in [0.05, 0.1) is 6.26 Å². The Bertz CT molecular complexity index is 563. The van der Waals surface area contributed by atoms with E-state index in [1.807, 2.05) is 4.90 Å². The number of H-pyrrole nitrogens is 1. The second-order valence-corrected chi connectivity index (χ2v) is 6.58. The highest BCUT2D eigenvalue weighted by atomic mass is 32.2. The van der Waals surface area contributed by atoms with Crippen molar-refractivity contribution in [3.05, 3.63) is 22.5 Å². The van der Waals surface area contributed by atoms with Crippen LogP contribution in [-0.4, -0.2) is 44.0 Å². The molecular formula is C11H18N4O3S.